The summed E-state index contributed by atoms with van der Waals surface area (Å²) in [6, 6.07) is 9.86. The van der Waals surface area contributed by atoms with Crippen LogP contribution in [0.1, 0.15) is 31.2 Å². The van der Waals surface area contributed by atoms with Gasteiger partial charge in [0.05, 0.1) is 0 Å². The zero-order valence-corrected chi connectivity index (χ0v) is 13.2. The monoisotopic (exact) mass is 312 g/mol. The first-order valence-corrected chi connectivity index (χ1v) is 8.87. The number of hydrogen-bond donors (Lipinski definition) is 2. The molecule has 6 heteroatoms. The topological polar surface area (TPSA) is 69.6 Å². The van der Waals surface area contributed by atoms with Gasteiger partial charge in [-0.1, -0.05) is 37.3 Å². The first-order chi connectivity index (χ1) is 10.0. The minimum atomic E-state index is -3.46. The molecule has 0 aliphatic carbocycles. The van der Waals surface area contributed by atoms with Gasteiger partial charge < -0.3 is 5.11 Å². The van der Waals surface area contributed by atoms with E-state index in [0.717, 1.165) is 18.4 Å². The second-order valence-electron chi connectivity index (χ2n) is 5.71. The van der Waals surface area contributed by atoms with Crippen LogP contribution >= 0.6 is 0 Å². The molecule has 1 aromatic carbocycles. The average molecular weight is 312 g/mol. The third-order valence-electron chi connectivity index (χ3n) is 4.02. The van der Waals surface area contributed by atoms with Crippen molar-refractivity contribution in [2.75, 3.05) is 26.2 Å². The highest BCUT2D eigenvalue weighted by molar-refractivity contribution is 7.87. The molecule has 2 unspecified atom stereocenters. The molecule has 5 nitrogen and oxygen atoms in total. The molecule has 0 aromatic heterocycles. The van der Waals surface area contributed by atoms with Gasteiger partial charge in [0.15, 0.2) is 0 Å². The summed E-state index contributed by atoms with van der Waals surface area (Å²) in [5.74, 6) is 0.182. The fourth-order valence-corrected chi connectivity index (χ4v) is 4.03. The van der Waals surface area contributed by atoms with Gasteiger partial charge in [0, 0.05) is 26.2 Å². The van der Waals surface area contributed by atoms with Crippen molar-refractivity contribution in [1.82, 2.24) is 9.03 Å². The van der Waals surface area contributed by atoms with E-state index in [4.69, 9.17) is 0 Å². The summed E-state index contributed by atoms with van der Waals surface area (Å²) >= 11 is 0. The molecule has 1 saturated heterocycles. The van der Waals surface area contributed by atoms with Crippen LogP contribution in [-0.2, 0) is 10.2 Å². The van der Waals surface area contributed by atoms with Gasteiger partial charge in [0.2, 0.25) is 0 Å². The highest BCUT2D eigenvalue weighted by atomic mass is 32.2. The Morgan fingerprint density at radius 2 is 2.10 bits per heavy atom. The molecule has 0 amide bonds. The lowest BCUT2D eigenvalue weighted by atomic mass is 10.0. The van der Waals surface area contributed by atoms with E-state index in [0.29, 0.717) is 19.6 Å². The van der Waals surface area contributed by atoms with Crippen LogP contribution in [0, 0.1) is 5.92 Å². The summed E-state index contributed by atoms with van der Waals surface area (Å²) in [6.45, 7) is 3.38. The maximum absolute atomic E-state index is 12.3. The molecule has 0 spiro atoms. The Bertz CT molecular complexity index is 533. The molecule has 2 atom stereocenters. The second kappa shape index (κ2) is 7.35. The van der Waals surface area contributed by atoms with Crippen LogP contribution in [0.2, 0.25) is 0 Å². The average Bonchev–Trinajstić information content (AvgIpc) is 2.53. The third-order valence-corrected chi connectivity index (χ3v) is 5.56. The first-order valence-electron chi connectivity index (χ1n) is 7.43. The number of benzene rings is 1. The normalized spacial score (nSPS) is 22.1. The molecular formula is C15H24N2O3S. The van der Waals surface area contributed by atoms with Gasteiger partial charge in [-0.05, 0) is 30.2 Å². The van der Waals surface area contributed by atoms with E-state index in [-0.39, 0.29) is 18.4 Å². The first kappa shape index (κ1) is 16.4. The van der Waals surface area contributed by atoms with E-state index < -0.39 is 10.2 Å². The number of hydrogen-bond acceptors (Lipinski definition) is 3. The second-order valence-corrected chi connectivity index (χ2v) is 7.47. The van der Waals surface area contributed by atoms with Gasteiger partial charge in [0.25, 0.3) is 10.2 Å². The maximum atomic E-state index is 12.3. The van der Waals surface area contributed by atoms with Crippen molar-refractivity contribution in [2.24, 2.45) is 5.92 Å². The van der Waals surface area contributed by atoms with Gasteiger partial charge >= 0.3 is 0 Å². The standard InChI is InChI=1S/C15H24N2O3S/c1-13(15-7-3-2-4-8-15)10-16-21(19,20)17-9-5-6-14(11-17)12-18/h2-4,7-8,13-14,16,18H,5-6,9-12H2,1H3. The van der Waals surface area contributed by atoms with Crippen LogP contribution in [0.25, 0.3) is 0 Å². The Labute approximate surface area is 127 Å². The molecule has 1 aromatic rings. The van der Waals surface area contributed by atoms with E-state index in [1.165, 1.54) is 4.31 Å². The minimum absolute atomic E-state index is 0.0481. The molecule has 1 fully saturated rings. The predicted octanol–water partition coefficient (Wildman–Crippen LogP) is 1.33. The van der Waals surface area contributed by atoms with E-state index >= 15 is 0 Å². The molecule has 0 bridgehead atoms. The van der Waals surface area contributed by atoms with Crippen LogP contribution in [0.5, 0.6) is 0 Å². The minimum Gasteiger partial charge on any atom is -0.396 e. The number of nitrogens with one attached hydrogen (secondary N) is 1. The smallest absolute Gasteiger partial charge is 0.279 e. The summed E-state index contributed by atoms with van der Waals surface area (Å²) in [7, 11) is -3.46. The molecular weight excluding hydrogens is 288 g/mol. The van der Waals surface area contributed by atoms with Crippen molar-refractivity contribution in [3.63, 3.8) is 0 Å². The fourth-order valence-electron chi connectivity index (χ4n) is 2.62. The Hall–Kier alpha value is -0.950. The number of rotatable bonds is 6. The molecule has 1 aliphatic heterocycles. The van der Waals surface area contributed by atoms with Crippen LogP contribution < -0.4 is 4.72 Å². The van der Waals surface area contributed by atoms with E-state index in [1.807, 2.05) is 37.3 Å². The van der Waals surface area contributed by atoms with E-state index in [2.05, 4.69) is 4.72 Å². The van der Waals surface area contributed by atoms with Gasteiger partial charge in [0.1, 0.15) is 0 Å². The predicted molar refractivity (Wildman–Crippen MR) is 83.2 cm³/mol. The van der Waals surface area contributed by atoms with Crippen LogP contribution in [-0.4, -0.2) is 44.1 Å². The third kappa shape index (κ3) is 4.51. The quantitative estimate of drug-likeness (QED) is 0.832. The Kier molecular flexibility index (Phi) is 5.75. The summed E-state index contributed by atoms with van der Waals surface area (Å²) in [5, 5.41) is 9.20. The maximum Gasteiger partial charge on any atom is 0.279 e. The van der Waals surface area contributed by atoms with Gasteiger partial charge in [-0.25, -0.2) is 4.72 Å². The lowest BCUT2D eigenvalue weighted by Gasteiger charge is -2.31. The number of piperidine rings is 1. The van der Waals surface area contributed by atoms with Gasteiger partial charge in [-0.3, -0.25) is 0 Å². The molecule has 21 heavy (non-hydrogen) atoms. The molecule has 2 rings (SSSR count). The van der Waals surface area contributed by atoms with Gasteiger partial charge in [-0.2, -0.15) is 12.7 Å². The van der Waals surface area contributed by atoms with E-state index in [1.54, 1.807) is 0 Å². The van der Waals surface area contributed by atoms with Crippen LogP contribution in [0.4, 0.5) is 0 Å². The number of aliphatic hydroxyl groups excluding tert-OH is 1. The lowest BCUT2D eigenvalue weighted by molar-refractivity contribution is 0.164. The number of nitrogens with zero attached hydrogens (tertiary/aromatic N) is 1. The van der Waals surface area contributed by atoms with Gasteiger partial charge in [-0.15, -0.1) is 0 Å². The van der Waals surface area contributed by atoms with E-state index in [9.17, 15) is 13.5 Å². The van der Waals surface area contributed by atoms with Crippen molar-refractivity contribution in [3.05, 3.63) is 35.9 Å². The van der Waals surface area contributed by atoms with Crippen LogP contribution in [0.3, 0.4) is 0 Å². The Morgan fingerprint density at radius 3 is 2.76 bits per heavy atom. The van der Waals surface area contributed by atoms with Crippen molar-refractivity contribution in [1.29, 1.82) is 0 Å². The Balaban J connectivity index is 1.92. The largest absolute Gasteiger partial charge is 0.396 e. The zero-order chi connectivity index (χ0) is 15.3. The van der Waals surface area contributed by atoms with Crippen molar-refractivity contribution >= 4 is 10.2 Å². The highest BCUT2D eigenvalue weighted by Gasteiger charge is 2.28. The summed E-state index contributed by atoms with van der Waals surface area (Å²) in [5.41, 5.74) is 1.12. The molecule has 2 N–H and O–H groups in total. The molecule has 0 radical (unpaired) electrons. The number of aliphatic hydroxyl groups is 1. The molecule has 1 heterocycles. The zero-order valence-electron chi connectivity index (χ0n) is 12.4. The lowest BCUT2D eigenvalue weighted by Crippen LogP contribution is -2.47. The van der Waals surface area contributed by atoms with Crippen LogP contribution in [0.15, 0.2) is 30.3 Å². The molecule has 118 valence electrons. The molecule has 0 saturated carbocycles. The van der Waals surface area contributed by atoms with Crippen molar-refractivity contribution in [3.8, 4) is 0 Å². The highest BCUT2D eigenvalue weighted by Crippen LogP contribution is 2.19. The van der Waals surface area contributed by atoms with Crippen molar-refractivity contribution in [2.45, 2.75) is 25.7 Å². The summed E-state index contributed by atoms with van der Waals surface area (Å²) < 4.78 is 28.8. The summed E-state index contributed by atoms with van der Waals surface area (Å²) in [4.78, 5) is 0. The van der Waals surface area contributed by atoms with Crippen molar-refractivity contribution < 1.29 is 13.5 Å². The fraction of sp³-hybridized carbons (Fsp3) is 0.600. The summed E-state index contributed by atoms with van der Waals surface area (Å²) in [6.07, 6.45) is 1.70. The Morgan fingerprint density at radius 1 is 1.38 bits per heavy atom. The molecule has 1 aliphatic rings. The SMILES string of the molecule is CC(CNS(=O)(=O)N1CCCC(CO)C1)c1ccccc1.